The zero-order valence-corrected chi connectivity index (χ0v) is 5.03. The molecule has 5 heteroatoms. The minimum atomic E-state index is -2.61. The molecule has 0 aliphatic carbocycles. The Kier molecular flexibility index (Phi) is 13.6. The molecule has 7 heavy (non-hydrogen) atoms. The van der Waals surface area contributed by atoms with E-state index in [4.69, 9.17) is 13.3 Å². The monoisotopic (exact) mass is 127 g/mol. The predicted octanol–water partition coefficient (Wildman–Crippen LogP) is -0.483. The van der Waals surface area contributed by atoms with Crippen LogP contribution in [-0.4, -0.2) is 27.4 Å². The first-order valence-corrected chi connectivity index (χ1v) is 2.60. The van der Waals surface area contributed by atoms with Crippen LogP contribution in [0.5, 0.6) is 0 Å². The summed E-state index contributed by atoms with van der Waals surface area (Å²) in [7, 11) is 3.75. The van der Waals surface area contributed by atoms with Crippen molar-refractivity contribution in [3.05, 3.63) is 0 Å². The van der Waals surface area contributed by atoms with Gasteiger partial charge in [-0.05, 0) is 14.1 Å². The molecule has 0 saturated carbocycles. The maximum Gasteiger partial charge on any atom is 0.299 e. The smallest absolute Gasteiger partial charge is 0.299 e. The van der Waals surface area contributed by atoms with Gasteiger partial charge >= 0.3 is 0 Å². The molecule has 0 aliphatic rings. The summed E-state index contributed by atoms with van der Waals surface area (Å²) in [6, 6.07) is 0. The van der Waals surface area contributed by atoms with Gasteiger partial charge < -0.3 is 5.32 Å². The fourth-order valence-electron chi connectivity index (χ4n) is 0. The molecule has 0 bridgehead atoms. The van der Waals surface area contributed by atoms with Crippen LogP contribution in [0, 0.1) is 0 Å². The molecule has 46 valence electrons. The van der Waals surface area contributed by atoms with E-state index < -0.39 is 11.4 Å². The predicted molar refractivity (Wildman–Crippen MR) is 28.4 cm³/mol. The van der Waals surface area contributed by atoms with Crippen LogP contribution in [-0.2, 0) is 11.4 Å². The summed E-state index contributed by atoms with van der Waals surface area (Å²) in [6.07, 6.45) is 0. The molecule has 0 fully saturated rings. The standard InChI is InChI=1S/C2H7N.H2O3S/c1-3-2;1-4(2)3/h3H,1-2H3;(H2,1,2,3). The van der Waals surface area contributed by atoms with Crippen molar-refractivity contribution in [2.75, 3.05) is 14.1 Å². The van der Waals surface area contributed by atoms with Crippen molar-refractivity contribution in [2.24, 2.45) is 0 Å². The topological polar surface area (TPSA) is 69.6 Å². The highest BCUT2D eigenvalue weighted by Gasteiger charge is 1.62. The van der Waals surface area contributed by atoms with Crippen molar-refractivity contribution in [1.82, 2.24) is 5.32 Å². The van der Waals surface area contributed by atoms with Gasteiger partial charge in [0.15, 0.2) is 0 Å². The van der Waals surface area contributed by atoms with E-state index in [1.165, 1.54) is 0 Å². The molecule has 0 spiro atoms. The van der Waals surface area contributed by atoms with Gasteiger partial charge in [0.2, 0.25) is 0 Å². The van der Waals surface area contributed by atoms with E-state index in [0.29, 0.717) is 0 Å². The van der Waals surface area contributed by atoms with Crippen LogP contribution in [0.3, 0.4) is 0 Å². The highest BCUT2D eigenvalue weighted by Crippen LogP contribution is 1.44. The van der Waals surface area contributed by atoms with Gasteiger partial charge in [0.05, 0.1) is 0 Å². The summed E-state index contributed by atoms with van der Waals surface area (Å²) < 4.78 is 22.8. The number of rotatable bonds is 0. The van der Waals surface area contributed by atoms with E-state index in [-0.39, 0.29) is 0 Å². The van der Waals surface area contributed by atoms with Crippen LogP contribution in [0.15, 0.2) is 0 Å². The molecule has 0 aromatic rings. The van der Waals surface area contributed by atoms with Crippen LogP contribution in [0.4, 0.5) is 0 Å². The Morgan fingerprint density at radius 3 is 1.43 bits per heavy atom. The number of nitrogens with one attached hydrogen (secondary N) is 1. The Labute approximate surface area is 45.0 Å². The van der Waals surface area contributed by atoms with E-state index in [1.54, 1.807) is 0 Å². The normalized spacial score (nSPS) is 7.57. The zero-order valence-electron chi connectivity index (χ0n) is 4.21. The molecule has 0 radical (unpaired) electrons. The second-order valence-electron chi connectivity index (χ2n) is 0.731. The van der Waals surface area contributed by atoms with Gasteiger partial charge in [-0.15, -0.1) is 0 Å². The molecule has 0 aromatic carbocycles. The highest BCUT2D eigenvalue weighted by molar-refractivity contribution is 7.73. The first-order valence-electron chi connectivity index (χ1n) is 1.53. The van der Waals surface area contributed by atoms with Crippen molar-refractivity contribution in [1.29, 1.82) is 0 Å². The lowest BCUT2D eigenvalue weighted by Gasteiger charge is -1.59. The summed E-state index contributed by atoms with van der Waals surface area (Å²) >= 11 is -2.61. The van der Waals surface area contributed by atoms with Crippen LogP contribution in [0.25, 0.3) is 0 Å². The van der Waals surface area contributed by atoms with Gasteiger partial charge in [0, 0.05) is 0 Å². The van der Waals surface area contributed by atoms with Crippen molar-refractivity contribution in [3.63, 3.8) is 0 Å². The summed E-state index contributed by atoms with van der Waals surface area (Å²) in [5.74, 6) is 0. The van der Waals surface area contributed by atoms with E-state index in [0.717, 1.165) is 0 Å². The molecule has 0 aliphatic heterocycles. The van der Waals surface area contributed by atoms with E-state index >= 15 is 0 Å². The van der Waals surface area contributed by atoms with Crippen molar-refractivity contribution in [3.8, 4) is 0 Å². The molecule has 0 saturated heterocycles. The Morgan fingerprint density at radius 2 is 1.43 bits per heavy atom. The zero-order chi connectivity index (χ0) is 6.28. The molecule has 0 atom stereocenters. The largest absolute Gasteiger partial charge is 0.323 e. The van der Waals surface area contributed by atoms with Gasteiger partial charge in [-0.2, -0.15) is 4.21 Å². The third-order valence-electron chi connectivity index (χ3n) is 0. The maximum atomic E-state index is 8.67. The minimum Gasteiger partial charge on any atom is -0.323 e. The number of hydrogen-bond acceptors (Lipinski definition) is 2. The van der Waals surface area contributed by atoms with Crippen molar-refractivity contribution < 1.29 is 13.3 Å². The van der Waals surface area contributed by atoms with Crippen molar-refractivity contribution >= 4 is 11.4 Å². The Morgan fingerprint density at radius 1 is 1.43 bits per heavy atom. The van der Waals surface area contributed by atoms with Gasteiger partial charge in [-0.1, -0.05) is 0 Å². The third-order valence-corrected chi connectivity index (χ3v) is 0. The Balaban J connectivity index is 0. The van der Waals surface area contributed by atoms with Crippen LogP contribution in [0.1, 0.15) is 0 Å². The second kappa shape index (κ2) is 9.39. The summed E-state index contributed by atoms with van der Waals surface area (Å²) in [6.45, 7) is 0. The fourth-order valence-corrected chi connectivity index (χ4v) is 0. The maximum absolute atomic E-state index is 8.67. The summed E-state index contributed by atoms with van der Waals surface area (Å²) in [4.78, 5) is 0. The molecule has 0 rings (SSSR count). The van der Waals surface area contributed by atoms with E-state index in [9.17, 15) is 0 Å². The van der Waals surface area contributed by atoms with Crippen LogP contribution in [0.2, 0.25) is 0 Å². The molecule has 0 amide bonds. The fraction of sp³-hybridized carbons (Fsp3) is 1.00. The summed E-state index contributed by atoms with van der Waals surface area (Å²) in [5.41, 5.74) is 0. The third kappa shape index (κ3) is 109000. The Hall–Kier alpha value is 0.0300. The van der Waals surface area contributed by atoms with Gasteiger partial charge in [-0.25, -0.2) is 0 Å². The molecular weight excluding hydrogens is 118 g/mol. The molecule has 4 nitrogen and oxygen atoms in total. The van der Waals surface area contributed by atoms with Gasteiger partial charge in [-0.3, -0.25) is 9.11 Å². The molecular formula is C2H9NO3S. The Bertz CT molecular complexity index is 44.2. The number of hydrogen-bond donors (Lipinski definition) is 3. The molecule has 0 heterocycles. The average molecular weight is 127 g/mol. The lowest BCUT2D eigenvalue weighted by atomic mass is 11.3. The molecule has 0 unspecified atom stereocenters. The summed E-state index contributed by atoms with van der Waals surface area (Å²) in [5, 5.41) is 2.75. The van der Waals surface area contributed by atoms with Crippen LogP contribution >= 0.6 is 0 Å². The second-order valence-corrected chi connectivity index (χ2v) is 1.19. The highest BCUT2D eigenvalue weighted by atomic mass is 32.2. The lowest BCUT2D eigenvalue weighted by molar-refractivity contribution is 0.454. The first-order chi connectivity index (χ1) is 3.15. The minimum absolute atomic E-state index is 1.88. The van der Waals surface area contributed by atoms with Crippen molar-refractivity contribution in [2.45, 2.75) is 0 Å². The molecule has 0 aromatic heterocycles. The average Bonchev–Trinajstić information content (AvgIpc) is 1.33. The van der Waals surface area contributed by atoms with Crippen LogP contribution < -0.4 is 5.32 Å². The molecule has 3 N–H and O–H groups in total. The van der Waals surface area contributed by atoms with Gasteiger partial charge in [0.1, 0.15) is 0 Å². The first kappa shape index (κ1) is 10.1. The van der Waals surface area contributed by atoms with E-state index in [1.807, 2.05) is 14.1 Å². The van der Waals surface area contributed by atoms with E-state index in [2.05, 4.69) is 5.32 Å². The lowest BCUT2D eigenvalue weighted by Crippen LogP contribution is -1.89. The quantitative estimate of drug-likeness (QED) is 0.384. The van der Waals surface area contributed by atoms with Gasteiger partial charge in [0.25, 0.3) is 11.4 Å². The SMILES string of the molecule is CNC.O=S(O)O.